The molecule has 2 aliphatic heterocycles. The molecule has 0 saturated carbocycles. The van der Waals surface area contributed by atoms with Gasteiger partial charge in [0.25, 0.3) is 0 Å². The van der Waals surface area contributed by atoms with Crippen molar-refractivity contribution in [2.24, 2.45) is 22.7 Å². The van der Waals surface area contributed by atoms with Gasteiger partial charge in [0.15, 0.2) is 5.84 Å². The third-order valence-electron chi connectivity index (χ3n) is 7.52. The molecule has 2 saturated heterocycles. The van der Waals surface area contributed by atoms with Crippen LogP contribution in [0.2, 0.25) is 0 Å². The summed E-state index contributed by atoms with van der Waals surface area (Å²) in [5.41, 5.74) is 5.50. The second-order valence-electron chi connectivity index (χ2n) is 10.1. The molecule has 2 heterocycles. The summed E-state index contributed by atoms with van der Waals surface area (Å²) < 4.78 is 0. The molecule has 2 aliphatic rings. The van der Waals surface area contributed by atoms with Crippen molar-refractivity contribution in [3.8, 4) is 0 Å². The Kier molecular flexibility index (Phi) is 8.56. The van der Waals surface area contributed by atoms with Crippen LogP contribution in [0.1, 0.15) is 48.8 Å². The first kappa shape index (κ1) is 24.7. The molecular weight excluding hydrogens is 424 g/mol. The average molecular weight is 465 g/mol. The van der Waals surface area contributed by atoms with E-state index in [1.54, 1.807) is 0 Å². The van der Waals surface area contributed by atoms with Gasteiger partial charge in [0, 0.05) is 38.3 Å². The number of hydrogen-bond acceptors (Lipinski definition) is 6. The SMILES string of the molecule is N/N=C(\NN)c1ccc(CCCC2(O)CCN(C[C@H]3CCN(Cc4ccccc4)C3)CC2)cc1. The molecule has 6 N–H and O–H groups in total. The number of nitrogens with two attached hydrogens (primary N) is 2. The Balaban J connectivity index is 1.15. The quantitative estimate of drug-likeness (QED) is 0.197. The number of amidine groups is 1. The number of benzene rings is 2. The third kappa shape index (κ3) is 6.79. The van der Waals surface area contributed by atoms with Crippen LogP contribution in [0.25, 0.3) is 0 Å². The summed E-state index contributed by atoms with van der Waals surface area (Å²) in [4.78, 5) is 5.16. The fraction of sp³-hybridized carbons (Fsp3) is 0.519. The van der Waals surface area contributed by atoms with E-state index in [0.29, 0.717) is 5.84 Å². The van der Waals surface area contributed by atoms with Gasteiger partial charge in [0.2, 0.25) is 0 Å². The molecule has 2 fully saturated rings. The molecule has 0 aromatic heterocycles. The molecule has 2 aromatic rings. The second-order valence-corrected chi connectivity index (χ2v) is 10.1. The van der Waals surface area contributed by atoms with Crippen LogP contribution in [-0.4, -0.2) is 59.1 Å². The van der Waals surface area contributed by atoms with Gasteiger partial charge in [-0.25, -0.2) is 5.84 Å². The smallest absolute Gasteiger partial charge is 0.166 e. The van der Waals surface area contributed by atoms with Crippen molar-refractivity contribution in [3.05, 3.63) is 71.3 Å². The van der Waals surface area contributed by atoms with Crippen LogP contribution in [0.15, 0.2) is 59.7 Å². The zero-order chi connectivity index (χ0) is 23.8. The number of nitrogens with zero attached hydrogens (tertiary/aromatic N) is 3. The van der Waals surface area contributed by atoms with E-state index in [1.807, 2.05) is 12.1 Å². The minimum Gasteiger partial charge on any atom is -0.390 e. The number of aryl methyl sites for hydroxylation is 1. The van der Waals surface area contributed by atoms with E-state index < -0.39 is 5.60 Å². The van der Waals surface area contributed by atoms with Gasteiger partial charge < -0.3 is 21.3 Å². The minimum atomic E-state index is -0.520. The maximum atomic E-state index is 11.1. The first-order valence-electron chi connectivity index (χ1n) is 12.6. The van der Waals surface area contributed by atoms with E-state index in [-0.39, 0.29) is 0 Å². The molecule has 0 amide bonds. The number of hydrazine groups is 1. The molecule has 0 spiro atoms. The van der Waals surface area contributed by atoms with Crippen LogP contribution in [0, 0.1) is 5.92 Å². The fourth-order valence-corrected chi connectivity index (χ4v) is 5.46. The Morgan fingerprint density at radius 1 is 1.00 bits per heavy atom. The predicted molar refractivity (Wildman–Crippen MR) is 138 cm³/mol. The summed E-state index contributed by atoms with van der Waals surface area (Å²) in [6.45, 7) is 6.63. The number of piperidine rings is 1. The molecular formula is C27H40N6O. The second kappa shape index (κ2) is 11.8. The Morgan fingerprint density at radius 3 is 2.41 bits per heavy atom. The molecule has 1 atom stereocenters. The van der Waals surface area contributed by atoms with E-state index >= 15 is 0 Å². The highest BCUT2D eigenvalue weighted by Crippen LogP contribution is 2.29. The molecule has 4 rings (SSSR count). The van der Waals surface area contributed by atoms with Gasteiger partial charge in [-0.2, -0.15) is 5.10 Å². The first-order chi connectivity index (χ1) is 16.6. The fourth-order valence-electron chi connectivity index (χ4n) is 5.46. The molecule has 7 nitrogen and oxygen atoms in total. The Hall–Kier alpha value is -2.45. The lowest BCUT2D eigenvalue weighted by atomic mass is 9.85. The summed E-state index contributed by atoms with van der Waals surface area (Å²) in [6.07, 6.45) is 5.84. The van der Waals surface area contributed by atoms with Gasteiger partial charge in [-0.3, -0.25) is 4.90 Å². The van der Waals surface area contributed by atoms with Crippen LogP contribution >= 0.6 is 0 Å². The van der Waals surface area contributed by atoms with E-state index in [9.17, 15) is 5.11 Å². The van der Waals surface area contributed by atoms with Gasteiger partial charge >= 0.3 is 0 Å². The van der Waals surface area contributed by atoms with E-state index in [4.69, 9.17) is 11.7 Å². The van der Waals surface area contributed by atoms with Crippen molar-refractivity contribution < 1.29 is 5.11 Å². The van der Waals surface area contributed by atoms with Gasteiger partial charge in [0.1, 0.15) is 0 Å². The lowest BCUT2D eigenvalue weighted by Gasteiger charge is -2.39. The average Bonchev–Trinajstić information content (AvgIpc) is 3.30. The summed E-state index contributed by atoms with van der Waals surface area (Å²) in [7, 11) is 0. The van der Waals surface area contributed by atoms with Crippen molar-refractivity contribution in [2.45, 2.75) is 50.7 Å². The molecule has 184 valence electrons. The standard InChI is InChI=1S/C27H40N6O/c28-30-26(31-29)25-10-8-22(9-11-25)7-4-13-27(34)14-17-32(18-15-27)20-24-12-16-33(21-24)19-23-5-2-1-3-6-23/h1-3,5-6,8-11,24,34H,4,7,12-21,28-29H2,(H,30,31)/t24-/m1/s1. The molecule has 34 heavy (non-hydrogen) atoms. The normalized spacial score (nSPS) is 21.6. The van der Waals surface area contributed by atoms with Crippen LogP contribution in [-0.2, 0) is 13.0 Å². The van der Waals surface area contributed by atoms with Crippen LogP contribution in [0.5, 0.6) is 0 Å². The molecule has 7 heteroatoms. The number of likely N-dealkylation sites (tertiary alicyclic amines) is 2. The minimum absolute atomic E-state index is 0.467. The summed E-state index contributed by atoms with van der Waals surface area (Å²) >= 11 is 0. The lowest BCUT2D eigenvalue weighted by molar-refractivity contribution is -0.0313. The lowest BCUT2D eigenvalue weighted by Crippen LogP contribution is -2.46. The molecule has 0 unspecified atom stereocenters. The van der Waals surface area contributed by atoms with Crippen molar-refractivity contribution in [1.82, 2.24) is 15.2 Å². The Bertz CT molecular complexity index is 908. The molecule has 0 radical (unpaired) electrons. The highest BCUT2D eigenvalue weighted by molar-refractivity contribution is 5.98. The number of aliphatic hydroxyl groups is 1. The summed E-state index contributed by atoms with van der Waals surface area (Å²) in [5, 5.41) is 14.8. The van der Waals surface area contributed by atoms with Crippen molar-refractivity contribution >= 4 is 5.84 Å². The number of nitrogens with one attached hydrogen (secondary N) is 1. The highest BCUT2D eigenvalue weighted by atomic mass is 16.3. The van der Waals surface area contributed by atoms with Crippen LogP contribution in [0.4, 0.5) is 0 Å². The monoisotopic (exact) mass is 464 g/mol. The first-order valence-corrected chi connectivity index (χ1v) is 12.6. The Labute approximate surface area is 203 Å². The largest absolute Gasteiger partial charge is 0.390 e. The van der Waals surface area contributed by atoms with Crippen molar-refractivity contribution in [2.75, 3.05) is 32.7 Å². The van der Waals surface area contributed by atoms with E-state index in [2.05, 4.69) is 62.8 Å². The maximum Gasteiger partial charge on any atom is 0.166 e. The van der Waals surface area contributed by atoms with Crippen molar-refractivity contribution in [1.29, 1.82) is 0 Å². The summed E-state index contributed by atoms with van der Waals surface area (Å²) in [5.74, 6) is 12.0. The predicted octanol–water partition coefficient (Wildman–Crippen LogP) is 2.44. The van der Waals surface area contributed by atoms with E-state index in [0.717, 1.165) is 63.2 Å². The number of hydrazone groups is 1. The van der Waals surface area contributed by atoms with Crippen LogP contribution < -0.4 is 17.1 Å². The van der Waals surface area contributed by atoms with Crippen molar-refractivity contribution in [3.63, 3.8) is 0 Å². The number of hydrogen-bond donors (Lipinski definition) is 4. The third-order valence-corrected chi connectivity index (χ3v) is 7.52. The molecule has 2 aromatic carbocycles. The number of rotatable bonds is 9. The molecule has 0 aliphatic carbocycles. The van der Waals surface area contributed by atoms with Gasteiger partial charge in [0.05, 0.1) is 5.60 Å². The topological polar surface area (TPSA) is 103 Å². The van der Waals surface area contributed by atoms with Gasteiger partial charge in [-0.1, -0.05) is 54.6 Å². The van der Waals surface area contributed by atoms with Gasteiger partial charge in [-0.15, -0.1) is 0 Å². The zero-order valence-corrected chi connectivity index (χ0v) is 20.2. The molecule has 0 bridgehead atoms. The Morgan fingerprint density at radius 2 is 1.74 bits per heavy atom. The van der Waals surface area contributed by atoms with Gasteiger partial charge in [-0.05, 0) is 62.1 Å². The maximum absolute atomic E-state index is 11.1. The zero-order valence-electron chi connectivity index (χ0n) is 20.2. The summed E-state index contributed by atoms with van der Waals surface area (Å²) in [6, 6.07) is 18.9. The highest BCUT2D eigenvalue weighted by Gasteiger charge is 2.33. The van der Waals surface area contributed by atoms with Crippen LogP contribution in [0.3, 0.4) is 0 Å². The van der Waals surface area contributed by atoms with E-state index in [1.165, 1.54) is 37.2 Å².